The van der Waals surface area contributed by atoms with Crippen molar-refractivity contribution in [2.24, 2.45) is 0 Å². The Morgan fingerprint density at radius 3 is 2.55 bits per heavy atom. The lowest BCUT2D eigenvalue weighted by Gasteiger charge is -2.23. The topological polar surface area (TPSA) is 75.5 Å². The van der Waals surface area contributed by atoms with Crippen LogP contribution < -0.4 is 0 Å². The minimum Gasteiger partial charge on any atom is -0.466 e. The second-order valence-electron chi connectivity index (χ2n) is 5.12. The Morgan fingerprint density at radius 2 is 2.00 bits per heavy atom. The molecular formula is C14H21N3O3. The SMILES string of the molecule is Cc1cc(-c2nnc(CN(CCO)C(C)C)o2)c(C)o1. The van der Waals surface area contributed by atoms with Crippen molar-refractivity contribution in [1.29, 1.82) is 0 Å². The van der Waals surface area contributed by atoms with Crippen LogP contribution in [0.2, 0.25) is 0 Å². The van der Waals surface area contributed by atoms with Crippen LogP contribution >= 0.6 is 0 Å². The molecule has 2 aromatic rings. The second-order valence-corrected chi connectivity index (χ2v) is 5.12. The van der Waals surface area contributed by atoms with Gasteiger partial charge in [-0.15, -0.1) is 10.2 Å². The summed E-state index contributed by atoms with van der Waals surface area (Å²) in [7, 11) is 0. The number of aryl methyl sites for hydroxylation is 2. The summed E-state index contributed by atoms with van der Waals surface area (Å²) in [6, 6.07) is 2.19. The van der Waals surface area contributed by atoms with E-state index in [4.69, 9.17) is 13.9 Å². The molecule has 1 N–H and O–H groups in total. The van der Waals surface area contributed by atoms with Gasteiger partial charge in [0.2, 0.25) is 5.89 Å². The van der Waals surface area contributed by atoms with E-state index in [1.54, 1.807) is 0 Å². The van der Waals surface area contributed by atoms with Crippen LogP contribution in [0.5, 0.6) is 0 Å². The zero-order valence-electron chi connectivity index (χ0n) is 12.4. The molecule has 2 rings (SSSR count). The van der Waals surface area contributed by atoms with Gasteiger partial charge in [0.25, 0.3) is 5.89 Å². The number of aromatic nitrogens is 2. The molecule has 20 heavy (non-hydrogen) atoms. The smallest absolute Gasteiger partial charge is 0.251 e. The third-order valence-corrected chi connectivity index (χ3v) is 3.19. The lowest BCUT2D eigenvalue weighted by atomic mass is 10.2. The first kappa shape index (κ1) is 14.7. The Hall–Kier alpha value is -1.66. The molecule has 6 heteroatoms. The Labute approximate surface area is 118 Å². The molecule has 0 saturated carbocycles. The van der Waals surface area contributed by atoms with Gasteiger partial charge in [-0.2, -0.15) is 0 Å². The van der Waals surface area contributed by atoms with Crippen LogP contribution in [0.1, 0.15) is 31.3 Å². The van der Waals surface area contributed by atoms with Gasteiger partial charge in [-0.1, -0.05) is 0 Å². The van der Waals surface area contributed by atoms with Crippen molar-refractivity contribution >= 4 is 0 Å². The number of rotatable bonds is 6. The number of hydrogen-bond acceptors (Lipinski definition) is 6. The molecule has 0 aliphatic carbocycles. The molecule has 110 valence electrons. The normalized spacial score (nSPS) is 11.8. The van der Waals surface area contributed by atoms with Gasteiger partial charge in [0.15, 0.2) is 0 Å². The van der Waals surface area contributed by atoms with Crippen molar-refractivity contribution in [3.63, 3.8) is 0 Å². The van der Waals surface area contributed by atoms with Gasteiger partial charge in [0, 0.05) is 12.6 Å². The number of hydrogen-bond donors (Lipinski definition) is 1. The molecular weight excluding hydrogens is 258 g/mol. The maximum Gasteiger partial charge on any atom is 0.251 e. The van der Waals surface area contributed by atoms with E-state index in [2.05, 4.69) is 28.9 Å². The molecule has 0 aliphatic heterocycles. The number of aliphatic hydroxyl groups excluding tert-OH is 1. The zero-order chi connectivity index (χ0) is 14.7. The Morgan fingerprint density at radius 1 is 1.25 bits per heavy atom. The van der Waals surface area contributed by atoms with Crippen LogP contribution in [0.3, 0.4) is 0 Å². The standard InChI is InChI=1S/C14H21N3O3/c1-9(2)17(5-6-18)8-13-15-16-14(20-13)12-7-10(3)19-11(12)4/h7,9,18H,5-6,8H2,1-4H3. The molecule has 0 spiro atoms. The number of aliphatic hydroxyl groups is 1. The summed E-state index contributed by atoms with van der Waals surface area (Å²) in [5.41, 5.74) is 0.833. The molecule has 0 bridgehead atoms. The Bertz CT molecular complexity index is 560. The monoisotopic (exact) mass is 279 g/mol. The van der Waals surface area contributed by atoms with E-state index in [-0.39, 0.29) is 6.61 Å². The first-order valence-electron chi connectivity index (χ1n) is 6.76. The molecule has 0 atom stereocenters. The summed E-state index contributed by atoms with van der Waals surface area (Å²) in [6.45, 7) is 9.11. The maximum absolute atomic E-state index is 9.07. The molecule has 2 heterocycles. The van der Waals surface area contributed by atoms with E-state index in [0.29, 0.717) is 30.9 Å². The Balaban J connectivity index is 2.14. The quantitative estimate of drug-likeness (QED) is 0.873. The summed E-state index contributed by atoms with van der Waals surface area (Å²) < 4.78 is 11.2. The molecule has 0 radical (unpaired) electrons. The van der Waals surface area contributed by atoms with Crippen molar-refractivity contribution < 1.29 is 13.9 Å². The van der Waals surface area contributed by atoms with Crippen LogP contribution in [-0.4, -0.2) is 39.4 Å². The highest BCUT2D eigenvalue weighted by molar-refractivity contribution is 5.55. The molecule has 0 aliphatic rings. The average Bonchev–Trinajstić information content (AvgIpc) is 2.95. The molecule has 2 aromatic heterocycles. The minimum atomic E-state index is 0.110. The van der Waals surface area contributed by atoms with Crippen LogP contribution in [0.4, 0.5) is 0 Å². The van der Waals surface area contributed by atoms with Gasteiger partial charge < -0.3 is 13.9 Å². The third kappa shape index (κ3) is 3.26. The van der Waals surface area contributed by atoms with Gasteiger partial charge in [-0.25, -0.2) is 0 Å². The third-order valence-electron chi connectivity index (χ3n) is 3.19. The summed E-state index contributed by atoms with van der Waals surface area (Å²) in [5.74, 6) is 2.61. The van der Waals surface area contributed by atoms with Crippen molar-refractivity contribution in [2.75, 3.05) is 13.2 Å². The van der Waals surface area contributed by atoms with Crippen molar-refractivity contribution in [3.05, 3.63) is 23.5 Å². The van der Waals surface area contributed by atoms with Gasteiger partial charge in [0.05, 0.1) is 18.7 Å². The van der Waals surface area contributed by atoms with Gasteiger partial charge in [-0.05, 0) is 33.8 Å². The van der Waals surface area contributed by atoms with Crippen LogP contribution in [-0.2, 0) is 6.54 Å². The number of nitrogens with zero attached hydrogens (tertiary/aromatic N) is 3. The van der Waals surface area contributed by atoms with Crippen LogP contribution in [0, 0.1) is 13.8 Å². The summed E-state index contributed by atoms with van der Waals surface area (Å²) >= 11 is 0. The summed E-state index contributed by atoms with van der Waals surface area (Å²) in [4.78, 5) is 2.07. The van der Waals surface area contributed by atoms with E-state index in [1.807, 2.05) is 19.9 Å². The van der Waals surface area contributed by atoms with Crippen LogP contribution in [0.25, 0.3) is 11.5 Å². The molecule has 0 fully saturated rings. The minimum absolute atomic E-state index is 0.110. The number of furan rings is 1. The fraction of sp³-hybridized carbons (Fsp3) is 0.571. The van der Waals surface area contributed by atoms with E-state index < -0.39 is 0 Å². The highest BCUT2D eigenvalue weighted by Gasteiger charge is 2.17. The van der Waals surface area contributed by atoms with Crippen molar-refractivity contribution in [1.82, 2.24) is 15.1 Å². The fourth-order valence-corrected chi connectivity index (χ4v) is 2.09. The lowest BCUT2D eigenvalue weighted by molar-refractivity contribution is 0.148. The van der Waals surface area contributed by atoms with Crippen LogP contribution in [0.15, 0.2) is 14.9 Å². The maximum atomic E-state index is 9.07. The largest absolute Gasteiger partial charge is 0.466 e. The van der Waals surface area contributed by atoms with E-state index in [1.165, 1.54) is 0 Å². The molecule has 0 aromatic carbocycles. The summed E-state index contributed by atoms with van der Waals surface area (Å²) in [6.07, 6.45) is 0. The lowest BCUT2D eigenvalue weighted by Crippen LogP contribution is -2.33. The van der Waals surface area contributed by atoms with Crippen molar-refractivity contribution in [2.45, 2.75) is 40.3 Å². The predicted octanol–water partition coefficient (Wildman–Crippen LogP) is 2.15. The van der Waals surface area contributed by atoms with E-state index >= 15 is 0 Å². The first-order chi connectivity index (χ1) is 9.51. The Kier molecular flexibility index (Phi) is 4.57. The molecule has 0 unspecified atom stereocenters. The average molecular weight is 279 g/mol. The van der Waals surface area contributed by atoms with Gasteiger partial charge in [-0.3, -0.25) is 4.90 Å². The molecule has 0 amide bonds. The summed E-state index contributed by atoms with van der Waals surface area (Å²) in [5, 5.41) is 17.2. The molecule has 0 saturated heterocycles. The van der Waals surface area contributed by atoms with E-state index in [0.717, 1.165) is 17.1 Å². The van der Waals surface area contributed by atoms with E-state index in [9.17, 15) is 0 Å². The van der Waals surface area contributed by atoms with Gasteiger partial charge in [0.1, 0.15) is 11.5 Å². The second kappa shape index (κ2) is 6.19. The molecule has 6 nitrogen and oxygen atoms in total. The van der Waals surface area contributed by atoms with Crippen molar-refractivity contribution in [3.8, 4) is 11.5 Å². The predicted molar refractivity (Wildman–Crippen MR) is 74.1 cm³/mol. The van der Waals surface area contributed by atoms with Gasteiger partial charge >= 0.3 is 0 Å². The highest BCUT2D eigenvalue weighted by Crippen LogP contribution is 2.25. The zero-order valence-corrected chi connectivity index (χ0v) is 12.4. The highest BCUT2D eigenvalue weighted by atomic mass is 16.4. The first-order valence-corrected chi connectivity index (χ1v) is 6.76. The fourth-order valence-electron chi connectivity index (χ4n) is 2.09.